The summed E-state index contributed by atoms with van der Waals surface area (Å²) in [5.74, 6) is 1.58. The Labute approximate surface area is 258 Å². The molecule has 1 saturated carbocycles. The second-order valence-electron chi connectivity index (χ2n) is 11.3. The quantitative estimate of drug-likeness (QED) is 0.359. The van der Waals surface area contributed by atoms with Gasteiger partial charge in [0.25, 0.3) is 11.8 Å². The number of carbonyl (C=O) groups is 2. The van der Waals surface area contributed by atoms with Gasteiger partial charge in [-0.3, -0.25) is 19.6 Å². The molecule has 6 rings (SSSR count). The predicted molar refractivity (Wildman–Crippen MR) is 164 cm³/mol. The number of allylic oxidation sites excluding steroid dienone is 1. The number of hydrogen-bond acceptors (Lipinski definition) is 9. The minimum absolute atomic E-state index is 0.0714. The number of carbonyl (C=O) groups excluding carboxylic acids is 2. The number of methoxy groups -OCH3 is 1. The fourth-order valence-electron chi connectivity index (χ4n) is 6.30. The largest absolute Gasteiger partial charge is 0.548 e. The van der Waals surface area contributed by atoms with Gasteiger partial charge in [-0.05, 0) is 56.0 Å². The summed E-state index contributed by atoms with van der Waals surface area (Å²) in [5.41, 5.74) is 1.67. The summed E-state index contributed by atoms with van der Waals surface area (Å²) in [6, 6.07) is 10.4. The van der Waals surface area contributed by atoms with Crippen molar-refractivity contribution in [2.45, 2.75) is 51.2 Å². The van der Waals surface area contributed by atoms with E-state index in [1.807, 2.05) is 6.92 Å². The summed E-state index contributed by atoms with van der Waals surface area (Å²) >= 11 is -1.69. The van der Waals surface area contributed by atoms with Gasteiger partial charge in [0.05, 0.1) is 30.2 Å². The van der Waals surface area contributed by atoms with E-state index < -0.39 is 11.1 Å². The van der Waals surface area contributed by atoms with Crippen LogP contribution in [-0.4, -0.2) is 85.3 Å². The second kappa shape index (κ2) is 13.2. The molecule has 2 aromatic heterocycles. The Kier molecular flexibility index (Phi) is 8.94. The van der Waals surface area contributed by atoms with Gasteiger partial charge in [-0.2, -0.15) is 0 Å². The lowest BCUT2D eigenvalue weighted by atomic mass is 9.93. The van der Waals surface area contributed by atoms with Crippen LogP contribution in [0.3, 0.4) is 0 Å². The van der Waals surface area contributed by atoms with E-state index in [4.69, 9.17) is 14.5 Å². The maximum Gasteiger partial charge on any atom is 0.272 e. The molecule has 2 N–H and O–H groups in total. The van der Waals surface area contributed by atoms with Crippen molar-refractivity contribution < 1.29 is 23.6 Å². The van der Waals surface area contributed by atoms with Crippen LogP contribution in [0.4, 0.5) is 11.5 Å². The van der Waals surface area contributed by atoms with Crippen molar-refractivity contribution >= 4 is 34.5 Å². The van der Waals surface area contributed by atoms with E-state index in [2.05, 4.69) is 25.1 Å². The number of nitrogens with one attached hydrogen (secondary N) is 2. The Balaban J connectivity index is 1.21. The van der Waals surface area contributed by atoms with Crippen molar-refractivity contribution in [2.75, 3.05) is 38.6 Å². The average Bonchev–Trinajstić information content (AvgIpc) is 3.81. The first-order chi connectivity index (χ1) is 21.4. The molecule has 0 spiro atoms. The highest BCUT2D eigenvalue weighted by Crippen LogP contribution is 2.35. The van der Waals surface area contributed by atoms with Crippen LogP contribution in [0.5, 0.6) is 5.75 Å². The number of amides is 2. The fourth-order valence-corrected chi connectivity index (χ4v) is 6.96. The highest BCUT2D eigenvalue weighted by molar-refractivity contribution is 7.14. The molecule has 0 radical (unpaired) electrons. The van der Waals surface area contributed by atoms with Crippen LogP contribution < -0.4 is 15.5 Å². The van der Waals surface area contributed by atoms with Crippen LogP contribution in [0.25, 0.3) is 0 Å². The Bertz CT molecular complexity index is 1590. The van der Waals surface area contributed by atoms with Gasteiger partial charge in [0.2, 0.25) is 11.3 Å². The maximum absolute atomic E-state index is 13.7. The van der Waals surface area contributed by atoms with E-state index in [1.165, 1.54) is 7.11 Å². The van der Waals surface area contributed by atoms with Gasteiger partial charge in [-0.25, -0.2) is 0 Å². The number of pyridine rings is 1. The summed E-state index contributed by atoms with van der Waals surface area (Å²) < 4.78 is 31.6. The van der Waals surface area contributed by atoms with E-state index in [-0.39, 0.29) is 24.0 Å². The van der Waals surface area contributed by atoms with Gasteiger partial charge in [-0.1, -0.05) is 25.0 Å². The summed E-state index contributed by atoms with van der Waals surface area (Å²) in [4.78, 5) is 39.1. The molecular weight excluding hydrogens is 582 g/mol. The van der Waals surface area contributed by atoms with Crippen LogP contribution in [0, 0.1) is 5.92 Å². The molecule has 3 aliphatic rings. The molecule has 0 bridgehead atoms. The third kappa shape index (κ3) is 6.34. The zero-order valence-electron chi connectivity index (χ0n) is 24.9. The van der Waals surface area contributed by atoms with Gasteiger partial charge in [0, 0.05) is 43.2 Å². The van der Waals surface area contributed by atoms with Crippen molar-refractivity contribution in [3.63, 3.8) is 0 Å². The van der Waals surface area contributed by atoms with Crippen molar-refractivity contribution in [1.82, 2.24) is 23.5 Å². The third-order valence-corrected chi connectivity index (χ3v) is 9.26. The van der Waals surface area contributed by atoms with E-state index >= 15 is 0 Å². The Hall–Kier alpha value is -4.23. The fraction of sp³-hybridized carbons (Fsp3) is 0.452. The molecule has 3 aromatic rings. The first-order valence-corrected chi connectivity index (χ1v) is 16.1. The highest BCUT2D eigenvalue weighted by Gasteiger charge is 2.35. The number of aromatic nitrogens is 3. The average molecular weight is 620 g/mol. The van der Waals surface area contributed by atoms with Crippen molar-refractivity contribution in [1.29, 1.82) is 0 Å². The smallest absolute Gasteiger partial charge is 0.272 e. The molecule has 232 valence electrons. The molecular formula is C31H37N7O5S. The normalized spacial score (nSPS) is 20.3. The number of para-hydroxylation sites is 1. The van der Waals surface area contributed by atoms with Crippen LogP contribution >= 0.6 is 11.1 Å². The van der Waals surface area contributed by atoms with E-state index in [1.54, 1.807) is 52.4 Å². The number of anilines is 2. The lowest BCUT2D eigenvalue weighted by Crippen LogP contribution is -2.50. The second-order valence-corrected chi connectivity index (χ2v) is 12.2. The summed E-state index contributed by atoms with van der Waals surface area (Å²) in [6.07, 6.45) is 8.88. The lowest BCUT2D eigenvalue weighted by molar-refractivity contribution is 0.0530. The molecule has 3 atom stereocenters. The molecule has 1 aliphatic carbocycles. The number of rotatable bonds is 8. The summed E-state index contributed by atoms with van der Waals surface area (Å²) in [7, 11) is 1.51. The molecule has 2 aliphatic heterocycles. The zero-order valence-corrected chi connectivity index (χ0v) is 25.7. The molecule has 13 heteroatoms. The maximum atomic E-state index is 13.7. The standard InChI is InChI=1S/C31H37N7O5S/c1-20-13-14-25(43-20)26(21-8-3-4-9-21)34-29-28(35-44(41)36-29)33-23-12-7-10-22(27(23)42-2)30(39)37-16-18-38(19-17-37)31(40)24-11-5-6-15-32-24/h5-7,10-13,15,21,25-26H,3-4,8-9,14,16-19H2,1-2H3,(H,33,35)(H,34,36)/t25?,26-,44?/m1/s1. The molecule has 4 heterocycles. The molecule has 1 saturated heterocycles. The number of aromatic amines is 1. The van der Waals surface area contributed by atoms with Crippen LogP contribution in [-0.2, 0) is 4.74 Å². The van der Waals surface area contributed by atoms with Crippen molar-refractivity contribution in [3.8, 4) is 5.75 Å². The molecule has 1 aromatic carbocycles. The number of hydrogen-bond donors (Lipinski definition) is 2. The van der Waals surface area contributed by atoms with Crippen molar-refractivity contribution in [2.24, 2.45) is 10.9 Å². The number of ether oxygens (including phenoxy) is 2. The van der Waals surface area contributed by atoms with Gasteiger partial charge < -0.3 is 29.1 Å². The SMILES string of the molecule is COc1c(Nc2n[s+]([O-])[nH]c2=N[C@H](C2CCCC2)C2CC=C(C)O2)cccc1C(=O)N1CCN(C(=O)c2ccccn2)CC1. The summed E-state index contributed by atoms with van der Waals surface area (Å²) in [6.45, 7) is 3.52. The van der Waals surface area contributed by atoms with Crippen LogP contribution in [0.1, 0.15) is 59.9 Å². The lowest BCUT2D eigenvalue weighted by Gasteiger charge is -2.35. The Morgan fingerprint density at radius 3 is 2.52 bits per heavy atom. The first-order valence-electron chi connectivity index (χ1n) is 15.0. The van der Waals surface area contributed by atoms with Gasteiger partial charge in [-0.15, -0.1) is 4.37 Å². The van der Waals surface area contributed by atoms with E-state index in [0.29, 0.717) is 66.1 Å². The topological polar surface area (TPSA) is 148 Å². The van der Waals surface area contributed by atoms with Crippen molar-refractivity contribution in [3.05, 3.63) is 71.2 Å². The van der Waals surface area contributed by atoms with E-state index in [0.717, 1.165) is 37.9 Å². The van der Waals surface area contributed by atoms with Crippen LogP contribution in [0.2, 0.25) is 0 Å². The first kappa shape index (κ1) is 29.8. The summed E-state index contributed by atoms with van der Waals surface area (Å²) in [5, 5.41) is 3.23. The molecule has 44 heavy (non-hydrogen) atoms. The zero-order chi connectivity index (χ0) is 30.6. The third-order valence-electron chi connectivity index (χ3n) is 8.54. The Morgan fingerprint density at radius 2 is 1.86 bits per heavy atom. The number of H-pyrrole nitrogens is 1. The van der Waals surface area contributed by atoms with E-state index in [9.17, 15) is 14.1 Å². The molecule has 12 nitrogen and oxygen atoms in total. The molecule has 2 unspecified atom stereocenters. The monoisotopic (exact) mass is 619 g/mol. The van der Waals surface area contributed by atoms with Crippen LogP contribution in [0.15, 0.2) is 59.4 Å². The number of piperazine rings is 1. The van der Waals surface area contributed by atoms with Gasteiger partial charge >= 0.3 is 0 Å². The highest BCUT2D eigenvalue weighted by atomic mass is 32.2. The molecule has 2 amide bonds. The number of benzene rings is 1. The minimum atomic E-state index is -1.69. The minimum Gasteiger partial charge on any atom is -0.548 e. The Morgan fingerprint density at radius 1 is 1.11 bits per heavy atom. The van der Waals surface area contributed by atoms with Gasteiger partial charge in [0.1, 0.15) is 11.8 Å². The predicted octanol–water partition coefficient (Wildman–Crippen LogP) is 4.03. The number of nitrogens with zero attached hydrogens (tertiary/aromatic N) is 5. The molecule has 2 fully saturated rings. The van der Waals surface area contributed by atoms with Gasteiger partial charge in [0.15, 0.2) is 16.9 Å².